The van der Waals surface area contributed by atoms with E-state index in [0.29, 0.717) is 11.5 Å². The molecule has 162 valence electrons. The summed E-state index contributed by atoms with van der Waals surface area (Å²) in [5, 5.41) is 4.14. The van der Waals surface area contributed by atoms with E-state index < -0.39 is 11.9 Å². The van der Waals surface area contributed by atoms with Crippen LogP contribution in [0.15, 0.2) is 48.8 Å². The van der Waals surface area contributed by atoms with Crippen molar-refractivity contribution in [2.75, 3.05) is 19.5 Å². The average Bonchev–Trinajstić information content (AvgIpc) is 3.15. The molecule has 4 aromatic rings. The minimum absolute atomic E-state index is 0.225. The van der Waals surface area contributed by atoms with Crippen molar-refractivity contribution in [1.29, 1.82) is 0 Å². The lowest BCUT2D eigenvalue weighted by atomic mass is 10.0. The average molecular weight is 448 g/mol. The molecule has 0 atom stereocenters. The quantitative estimate of drug-likeness (QED) is 0.416. The van der Waals surface area contributed by atoms with Gasteiger partial charge in [0, 0.05) is 16.1 Å². The monoisotopic (exact) mass is 447 g/mol. The fourth-order valence-electron chi connectivity index (χ4n) is 3.51. The molecule has 0 radical (unpaired) electrons. The topological polar surface area (TPSA) is 90.4 Å². The number of aryl methyl sites for hydroxylation is 2. The second-order valence-electron chi connectivity index (χ2n) is 7.21. The number of benzene rings is 2. The summed E-state index contributed by atoms with van der Waals surface area (Å²) in [5.74, 6) is -0.538. The number of esters is 2. The van der Waals surface area contributed by atoms with Crippen LogP contribution in [0.1, 0.15) is 31.2 Å². The molecule has 0 spiro atoms. The fourth-order valence-corrected chi connectivity index (χ4v) is 4.53. The van der Waals surface area contributed by atoms with Crippen molar-refractivity contribution in [3.63, 3.8) is 0 Å². The molecule has 0 bridgehead atoms. The van der Waals surface area contributed by atoms with Crippen LogP contribution in [0.3, 0.4) is 0 Å². The van der Waals surface area contributed by atoms with Crippen molar-refractivity contribution in [2.45, 2.75) is 13.8 Å². The molecule has 32 heavy (non-hydrogen) atoms. The maximum atomic E-state index is 12.1. The summed E-state index contributed by atoms with van der Waals surface area (Å²) in [6, 6.07) is 12.9. The molecule has 8 heteroatoms. The molecule has 0 aliphatic rings. The summed E-state index contributed by atoms with van der Waals surface area (Å²) in [6.07, 6.45) is 1.49. The van der Waals surface area contributed by atoms with E-state index in [1.165, 1.54) is 32.2 Å². The normalized spacial score (nSPS) is 10.8. The Morgan fingerprint density at radius 3 is 2.12 bits per heavy atom. The first-order valence-corrected chi connectivity index (χ1v) is 10.6. The summed E-state index contributed by atoms with van der Waals surface area (Å²) in [6.45, 7) is 4.10. The summed E-state index contributed by atoms with van der Waals surface area (Å²) in [5.41, 5.74) is 4.25. The van der Waals surface area contributed by atoms with E-state index in [9.17, 15) is 9.59 Å². The molecule has 0 saturated carbocycles. The van der Waals surface area contributed by atoms with Gasteiger partial charge in [0.15, 0.2) is 0 Å². The first kappa shape index (κ1) is 21.5. The third-order valence-electron chi connectivity index (χ3n) is 5.04. The van der Waals surface area contributed by atoms with Crippen LogP contribution < -0.4 is 5.32 Å². The molecule has 2 aromatic carbocycles. The first-order valence-electron chi connectivity index (χ1n) is 9.81. The number of aromatic nitrogens is 2. The number of hydrogen-bond acceptors (Lipinski definition) is 8. The number of rotatable bonds is 5. The maximum absolute atomic E-state index is 12.1. The van der Waals surface area contributed by atoms with E-state index in [1.807, 2.05) is 6.92 Å². The van der Waals surface area contributed by atoms with Gasteiger partial charge in [-0.2, -0.15) is 0 Å². The van der Waals surface area contributed by atoms with Crippen LogP contribution in [0, 0.1) is 13.8 Å². The zero-order valence-electron chi connectivity index (χ0n) is 18.1. The number of ether oxygens (including phenoxy) is 2. The van der Waals surface area contributed by atoms with Gasteiger partial charge in [-0.05, 0) is 37.6 Å². The summed E-state index contributed by atoms with van der Waals surface area (Å²) in [4.78, 5) is 35.1. The van der Waals surface area contributed by atoms with Gasteiger partial charge in [0.05, 0.1) is 30.7 Å². The number of nitrogens with one attached hydrogen (secondary N) is 1. The molecule has 0 fully saturated rings. The molecule has 2 aromatic heterocycles. The number of carbonyl (C=O) groups is 2. The van der Waals surface area contributed by atoms with E-state index in [0.717, 1.165) is 26.2 Å². The predicted octanol–water partition coefficient (Wildman–Crippen LogP) is 5.29. The van der Waals surface area contributed by atoms with Crippen LogP contribution in [0.2, 0.25) is 0 Å². The lowest BCUT2D eigenvalue weighted by Gasteiger charge is -2.12. The lowest BCUT2D eigenvalue weighted by Crippen LogP contribution is -2.08. The van der Waals surface area contributed by atoms with Gasteiger partial charge in [0.25, 0.3) is 0 Å². The van der Waals surface area contributed by atoms with Gasteiger partial charge >= 0.3 is 11.9 Å². The molecule has 0 amide bonds. The Bertz CT molecular complexity index is 1300. The number of carbonyl (C=O) groups excluding carboxylic acids is 2. The highest BCUT2D eigenvalue weighted by atomic mass is 32.1. The molecule has 2 heterocycles. The van der Waals surface area contributed by atoms with Gasteiger partial charge in [-0.15, -0.1) is 11.3 Å². The second kappa shape index (κ2) is 8.76. The van der Waals surface area contributed by atoms with Crippen LogP contribution in [-0.2, 0) is 9.47 Å². The highest BCUT2D eigenvalue weighted by Crippen LogP contribution is 2.41. The van der Waals surface area contributed by atoms with E-state index in [2.05, 4.69) is 46.5 Å². The minimum Gasteiger partial charge on any atom is -0.465 e. The van der Waals surface area contributed by atoms with Crippen molar-refractivity contribution in [3.8, 4) is 11.1 Å². The highest BCUT2D eigenvalue weighted by molar-refractivity contribution is 7.19. The van der Waals surface area contributed by atoms with Crippen molar-refractivity contribution in [2.24, 2.45) is 0 Å². The second-order valence-corrected chi connectivity index (χ2v) is 8.41. The molecule has 1 N–H and O–H groups in total. The third kappa shape index (κ3) is 4.04. The third-order valence-corrected chi connectivity index (χ3v) is 6.06. The van der Waals surface area contributed by atoms with Gasteiger partial charge in [-0.3, -0.25) is 0 Å². The Labute approximate surface area is 189 Å². The Hall–Kier alpha value is -3.78. The van der Waals surface area contributed by atoms with E-state index in [1.54, 1.807) is 23.5 Å². The van der Waals surface area contributed by atoms with Gasteiger partial charge < -0.3 is 14.8 Å². The van der Waals surface area contributed by atoms with Crippen molar-refractivity contribution in [1.82, 2.24) is 9.97 Å². The fraction of sp³-hybridized carbons (Fsp3) is 0.167. The highest BCUT2D eigenvalue weighted by Gasteiger charge is 2.19. The number of nitrogens with zero attached hydrogens (tertiary/aromatic N) is 2. The van der Waals surface area contributed by atoms with E-state index in [4.69, 9.17) is 9.47 Å². The number of anilines is 2. The summed E-state index contributed by atoms with van der Waals surface area (Å²) < 4.78 is 9.65. The van der Waals surface area contributed by atoms with Crippen LogP contribution in [-0.4, -0.2) is 36.1 Å². The SMILES string of the molecule is COC(=O)c1cc(Nc2ncnc3sc(C)c(-c4ccc(C)cc4)c23)cc(C(=O)OC)c1. The Morgan fingerprint density at radius 2 is 1.53 bits per heavy atom. The van der Waals surface area contributed by atoms with Gasteiger partial charge in [-0.1, -0.05) is 29.8 Å². The van der Waals surface area contributed by atoms with Gasteiger partial charge in [-0.25, -0.2) is 19.6 Å². The lowest BCUT2D eigenvalue weighted by molar-refractivity contribution is 0.0599. The number of thiophene rings is 1. The molecule has 0 unspecified atom stereocenters. The van der Waals surface area contributed by atoms with E-state index >= 15 is 0 Å². The molecular formula is C24H21N3O4S. The van der Waals surface area contributed by atoms with Crippen molar-refractivity contribution < 1.29 is 19.1 Å². The predicted molar refractivity (Wildman–Crippen MR) is 125 cm³/mol. The number of hydrogen-bond donors (Lipinski definition) is 1. The Morgan fingerprint density at radius 1 is 0.906 bits per heavy atom. The minimum atomic E-state index is -0.557. The van der Waals surface area contributed by atoms with Gasteiger partial charge in [0.2, 0.25) is 0 Å². The molecule has 0 saturated heterocycles. The van der Waals surface area contributed by atoms with Crippen molar-refractivity contribution in [3.05, 3.63) is 70.4 Å². The summed E-state index contributed by atoms with van der Waals surface area (Å²) >= 11 is 1.59. The zero-order chi connectivity index (χ0) is 22.8. The van der Waals surface area contributed by atoms with Crippen LogP contribution >= 0.6 is 11.3 Å². The van der Waals surface area contributed by atoms with E-state index in [-0.39, 0.29) is 11.1 Å². The molecule has 7 nitrogen and oxygen atoms in total. The molecule has 4 rings (SSSR count). The first-order chi connectivity index (χ1) is 15.4. The Balaban J connectivity index is 1.86. The largest absolute Gasteiger partial charge is 0.465 e. The Kier molecular flexibility index (Phi) is 5.87. The number of fused-ring (bicyclic) bond motifs is 1. The number of methoxy groups -OCH3 is 2. The van der Waals surface area contributed by atoms with Crippen molar-refractivity contribution >= 4 is 45.0 Å². The molecular weight excluding hydrogens is 426 g/mol. The molecule has 0 aliphatic carbocycles. The van der Waals surface area contributed by atoms with Crippen LogP contribution in [0.5, 0.6) is 0 Å². The smallest absolute Gasteiger partial charge is 0.337 e. The summed E-state index contributed by atoms with van der Waals surface area (Å²) in [7, 11) is 2.58. The molecule has 0 aliphatic heterocycles. The van der Waals surface area contributed by atoms with Gasteiger partial charge in [0.1, 0.15) is 17.0 Å². The zero-order valence-corrected chi connectivity index (χ0v) is 18.9. The van der Waals surface area contributed by atoms with Crippen LogP contribution in [0.25, 0.3) is 21.3 Å². The standard InChI is InChI=1S/C24H21N3O4S/c1-13-5-7-15(8-6-13)19-14(2)32-22-20(19)21(25-12-26-22)27-18-10-16(23(28)30-3)9-17(11-18)24(29)31-4/h5-12H,1-4H3,(H,25,26,27). The van der Waals surface area contributed by atoms with Crippen LogP contribution in [0.4, 0.5) is 11.5 Å². The maximum Gasteiger partial charge on any atom is 0.337 e.